The molecular weight excluding hydrogens is 392 g/mol. The van der Waals surface area contributed by atoms with Crippen LogP contribution in [-0.2, 0) is 17.1 Å². The fraction of sp³-hybridized carbons (Fsp3) is 0.421. The van der Waals surface area contributed by atoms with Gasteiger partial charge in [-0.15, -0.1) is 0 Å². The smallest absolute Gasteiger partial charge is 0.227 e. The van der Waals surface area contributed by atoms with Crippen LogP contribution in [0.4, 0.5) is 5.95 Å². The number of aryl methyl sites for hydroxylation is 1. The van der Waals surface area contributed by atoms with Crippen LogP contribution in [0.5, 0.6) is 5.75 Å². The lowest BCUT2D eigenvalue weighted by Crippen LogP contribution is -2.57. The van der Waals surface area contributed by atoms with Gasteiger partial charge in [0.2, 0.25) is 16.0 Å². The second kappa shape index (κ2) is 6.14. The van der Waals surface area contributed by atoms with E-state index in [4.69, 9.17) is 4.98 Å². The van der Waals surface area contributed by atoms with Crippen molar-refractivity contribution >= 4 is 27.0 Å². The Morgan fingerprint density at radius 3 is 2.69 bits per heavy atom. The number of fused-ring (bicyclic) bond motifs is 1. The largest absolute Gasteiger partial charge is 0.508 e. The normalized spacial score (nSPS) is 19.2. The zero-order chi connectivity index (χ0) is 20.4. The van der Waals surface area contributed by atoms with E-state index in [1.54, 1.807) is 33.4 Å². The van der Waals surface area contributed by atoms with E-state index in [9.17, 15) is 13.5 Å². The average Bonchev–Trinajstić information content (AvgIpc) is 3.34. The number of sulfonamides is 1. The SMILES string of the molecule is Cn1nc(-c2cccc(O)c2)c2cnc(N3CCN(S(C)(=O)=O)C4(CC4)C3)nc21. The van der Waals surface area contributed by atoms with Gasteiger partial charge < -0.3 is 10.0 Å². The summed E-state index contributed by atoms with van der Waals surface area (Å²) in [5.74, 6) is 0.764. The molecule has 3 aromatic rings. The maximum Gasteiger partial charge on any atom is 0.227 e. The Hall–Kier alpha value is -2.72. The molecule has 152 valence electrons. The van der Waals surface area contributed by atoms with E-state index >= 15 is 0 Å². The monoisotopic (exact) mass is 414 g/mol. The summed E-state index contributed by atoms with van der Waals surface area (Å²) in [7, 11) is -1.39. The zero-order valence-electron chi connectivity index (χ0n) is 16.3. The summed E-state index contributed by atoms with van der Waals surface area (Å²) in [6.45, 7) is 1.60. The molecule has 0 radical (unpaired) electrons. The number of phenolic OH excluding ortho intramolecular Hbond substituents is 1. The lowest BCUT2D eigenvalue weighted by atomic mass is 10.1. The topological polar surface area (TPSA) is 104 Å². The highest BCUT2D eigenvalue weighted by molar-refractivity contribution is 7.88. The van der Waals surface area contributed by atoms with Crippen LogP contribution in [0.1, 0.15) is 12.8 Å². The molecule has 1 spiro atoms. The number of nitrogens with zero attached hydrogens (tertiary/aromatic N) is 6. The van der Waals surface area contributed by atoms with Crippen LogP contribution in [0, 0.1) is 0 Å². The molecule has 29 heavy (non-hydrogen) atoms. The van der Waals surface area contributed by atoms with Crippen molar-refractivity contribution in [3.63, 3.8) is 0 Å². The number of benzene rings is 1. The van der Waals surface area contributed by atoms with E-state index in [2.05, 4.69) is 15.0 Å². The summed E-state index contributed by atoms with van der Waals surface area (Å²) in [6.07, 6.45) is 4.77. The van der Waals surface area contributed by atoms with Gasteiger partial charge in [-0.05, 0) is 25.0 Å². The van der Waals surface area contributed by atoms with Gasteiger partial charge in [0.05, 0.1) is 17.2 Å². The van der Waals surface area contributed by atoms with Gasteiger partial charge >= 0.3 is 0 Å². The van der Waals surface area contributed by atoms with Crippen LogP contribution in [0.25, 0.3) is 22.3 Å². The highest BCUT2D eigenvalue weighted by Crippen LogP contribution is 2.46. The van der Waals surface area contributed by atoms with E-state index in [1.165, 1.54) is 6.26 Å². The molecule has 2 fully saturated rings. The first-order chi connectivity index (χ1) is 13.8. The molecule has 10 heteroatoms. The minimum atomic E-state index is -3.22. The molecule has 0 amide bonds. The number of aromatic nitrogens is 4. The Bertz CT molecular complexity index is 1220. The molecule has 0 atom stereocenters. The van der Waals surface area contributed by atoms with Gasteiger partial charge in [-0.1, -0.05) is 12.1 Å². The summed E-state index contributed by atoms with van der Waals surface area (Å²) in [4.78, 5) is 11.4. The summed E-state index contributed by atoms with van der Waals surface area (Å²) in [5.41, 5.74) is 1.89. The van der Waals surface area contributed by atoms with Crippen molar-refractivity contribution in [2.45, 2.75) is 18.4 Å². The lowest BCUT2D eigenvalue weighted by Gasteiger charge is -2.40. The van der Waals surface area contributed by atoms with Crippen molar-refractivity contribution in [1.29, 1.82) is 0 Å². The van der Waals surface area contributed by atoms with Gasteiger partial charge in [-0.3, -0.25) is 0 Å². The minimum Gasteiger partial charge on any atom is -0.508 e. The third kappa shape index (κ3) is 3.03. The molecule has 2 aromatic heterocycles. The number of rotatable bonds is 3. The van der Waals surface area contributed by atoms with Crippen LogP contribution < -0.4 is 4.90 Å². The summed E-state index contributed by atoms with van der Waals surface area (Å²) < 4.78 is 27.6. The molecule has 1 saturated carbocycles. The van der Waals surface area contributed by atoms with Crippen molar-refractivity contribution in [1.82, 2.24) is 24.1 Å². The average molecular weight is 414 g/mol. The Kier molecular flexibility index (Phi) is 3.88. The quantitative estimate of drug-likeness (QED) is 0.690. The van der Waals surface area contributed by atoms with Gasteiger partial charge in [0.15, 0.2) is 5.65 Å². The standard InChI is InChI=1S/C19H22N6O3S/c1-23-17-15(16(22-23)13-4-3-5-14(26)10-13)11-20-18(21-17)24-8-9-25(29(2,27)28)19(12-24)6-7-19/h3-5,10-11,26H,6-9,12H2,1-2H3. The number of anilines is 1. The Morgan fingerprint density at radius 1 is 1.21 bits per heavy atom. The second-order valence-electron chi connectivity index (χ2n) is 7.91. The van der Waals surface area contributed by atoms with Gasteiger partial charge in [0.25, 0.3) is 0 Å². The fourth-order valence-electron chi connectivity index (χ4n) is 4.25. The molecule has 9 nitrogen and oxygen atoms in total. The number of phenols is 1. The van der Waals surface area contributed by atoms with Crippen LogP contribution in [0.3, 0.4) is 0 Å². The van der Waals surface area contributed by atoms with E-state index in [0.717, 1.165) is 23.8 Å². The van der Waals surface area contributed by atoms with Crippen LogP contribution >= 0.6 is 0 Å². The molecule has 2 aliphatic rings. The fourth-order valence-corrected chi connectivity index (χ4v) is 5.61. The first-order valence-corrected chi connectivity index (χ1v) is 11.3. The van der Waals surface area contributed by atoms with Crippen molar-refractivity contribution < 1.29 is 13.5 Å². The van der Waals surface area contributed by atoms with Crippen molar-refractivity contribution in [2.24, 2.45) is 7.05 Å². The third-order valence-corrected chi connectivity index (χ3v) is 7.16. The van der Waals surface area contributed by atoms with Crippen molar-refractivity contribution in [2.75, 3.05) is 30.8 Å². The number of hydrogen-bond donors (Lipinski definition) is 1. The van der Waals surface area contributed by atoms with Gasteiger partial charge in [-0.2, -0.15) is 14.4 Å². The third-order valence-electron chi connectivity index (χ3n) is 5.78. The summed E-state index contributed by atoms with van der Waals surface area (Å²) in [6, 6.07) is 6.94. The molecule has 0 unspecified atom stereocenters. The Balaban J connectivity index is 1.50. The Labute approximate surface area is 168 Å². The summed E-state index contributed by atoms with van der Waals surface area (Å²) in [5, 5.41) is 15.2. The van der Waals surface area contributed by atoms with Gasteiger partial charge in [0.1, 0.15) is 11.4 Å². The van der Waals surface area contributed by atoms with Gasteiger partial charge in [0, 0.05) is 38.4 Å². The van der Waals surface area contributed by atoms with E-state index < -0.39 is 10.0 Å². The molecule has 0 bridgehead atoms. The second-order valence-corrected chi connectivity index (χ2v) is 9.82. The van der Waals surface area contributed by atoms with Crippen LogP contribution in [0.2, 0.25) is 0 Å². The maximum atomic E-state index is 12.1. The van der Waals surface area contributed by atoms with Crippen LogP contribution in [-0.4, -0.2) is 69.0 Å². The zero-order valence-corrected chi connectivity index (χ0v) is 17.1. The number of piperazine rings is 1. The molecule has 5 rings (SSSR count). The maximum absolute atomic E-state index is 12.1. The van der Waals surface area contributed by atoms with E-state index in [-0.39, 0.29) is 11.3 Å². The van der Waals surface area contributed by atoms with E-state index in [1.807, 2.05) is 13.1 Å². The minimum absolute atomic E-state index is 0.178. The molecular formula is C19H22N6O3S. The molecule has 1 N–H and O–H groups in total. The first-order valence-electron chi connectivity index (χ1n) is 9.49. The highest BCUT2D eigenvalue weighted by Gasteiger charge is 2.55. The lowest BCUT2D eigenvalue weighted by molar-refractivity contribution is 0.271. The van der Waals surface area contributed by atoms with Crippen LogP contribution in [0.15, 0.2) is 30.5 Å². The molecule has 1 aliphatic heterocycles. The van der Waals surface area contributed by atoms with Crippen molar-refractivity contribution in [3.8, 4) is 17.0 Å². The first kappa shape index (κ1) is 18.3. The van der Waals surface area contributed by atoms with E-state index in [0.29, 0.717) is 36.9 Å². The Morgan fingerprint density at radius 2 is 2.00 bits per heavy atom. The molecule has 1 aromatic carbocycles. The molecule has 3 heterocycles. The molecule has 1 aliphatic carbocycles. The summed E-state index contributed by atoms with van der Waals surface area (Å²) >= 11 is 0. The predicted octanol–water partition coefficient (Wildman–Crippen LogP) is 1.35. The number of hydrogen-bond acceptors (Lipinski definition) is 7. The molecule has 1 saturated heterocycles. The highest BCUT2D eigenvalue weighted by atomic mass is 32.2. The van der Waals surface area contributed by atoms with Gasteiger partial charge in [-0.25, -0.2) is 18.1 Å². The van der Waals surface area contributed by atoms with Crippen molar-refractivity contribution in [3.05, 3.63) is 30.5 Å². The predicted molar refractivity (Wildman–Crippen MR) is 109 cm³/mol. The number of aromatic hydroxyl groups is 1.